The number of hydrogen-bond donors (Lipinski definition) is 1. The van der Waals surface area contributed by atoms with Gasteiger partial charge in [-0.3, -0.25) is 0 Å². The molecule has 1 N–H and O–H groups in total. The third kappa shape index (κ3) is 5.98. The normalized spacial score (nSPS) is 19.2. The van der Waals surface area contributed by atoms with Crippen LogP contribution in [0.25, 0.3) is 0 Å². The Morgan fingerprint density at radius 2 is 2.16 bits per heavy atom. The van der Waals surface area contributed by atoms with E-state index in [1.54, 1.807) is 0 Å². The molecule has 19 heavy (non-hydrogen) atoms. The minimum absolute atomic E-state index is 0.923. The molecule has 1 heterocycles. The summed E-state index contributed by atoms with van der Waals surface area (Å²) in [5.74, 6) is 3.65. The summed E-state index contributed by atoms with van der Waals surface area (Å²) in [6.45, 7) is 4.59. The fourth-order valence-corrected chi connectivity index (χ4v) is 3.78. The van der Waals surface area contributed by atoms with E-state index in [1.807, 2.05) is 0 Å². The van der Waals surface area contributed by atoms with Gasteiger partial charge < -0.3 is 10.2 Å². The van der Waals surface area contributed by atoms with E-state index >= 15 is 0 Å². The summed E-state index contributed by atoms with van der Waals surface area (Å²) in [6.07, 6.45) is 2.65. The van der Waals surface area contributed by atoms with E-state index in [4.69, 9.17) is 0 Å². The van der Waals surface area contributed by atoms with E-state index in [1.165, 1.54) is 43.0 Å². The molecule has 0 saturated carbocycles. The highest BCUT2D eigenvalue weighted by atomic mass is 32.2. The first-order valence-corrected chi connectivity index (χ1v) is 8.51. The lowest BCUT2D eigenvalue weighted by atomic mass is 10.1. The van der Waals surface area contributed by atoms with E-state index in [0.29, 0.717) is 0 Å². The SMILES string of the molecule is CN(CCCNCC1CCSC1)Cc1ccccc1. The number of thioether (sulfide) groups is 1. The molecule has 1 fully saturated rings. The van der Waals surface area contributed by atoms with Crippen LogP contribution >= 0.6 is 11.8 Å². The van der Waals surface area contributed by atoms with Crippen molar-refractivity contribution >= 4 is 11.8 Å². The first-order chi connectivity index (χ1) is 9.34. The second-order valence-electron chi connectivity index (χ2n) is 5.51. The molecule has 1 aliphatic heterocycles. The van der Waals surface area contributed by atoms with Gasteiger partial charge in [0.05, 0.1) is 0 Å². The maximum Gasteiger partial charge on any atom is 0.0230 e. The molecule has 1 aromatic carbocycles. The summed E-state index contributed by atoms with van der Waals surface area (Å²) in [5.41, 5.74) is 1.40. The fourth-order valence-electron chi connectivity index (χ4n) is 2.50. The van der Waals surface area contributed by atoms with Crippen LogP contribution in [0, 0.1) is 5.92 Å². The lowest BCUT2D eigenvalue weighted by molar-refractivity contribution is 0.318. The number of rotatable bonds is 8. The van der Waals surface area contributed by atoms with Crippen LogP contribution in [-0.4, -0.2) is 43.1 Å². The summed E-state index contributed by atoms with van der Waals surface area (Å²) in [6, 6.07) is 10.7. The first kappa shape index (κ1) is 14.9. The number of nitrogens with zero attached hydrogens (tertiary/aromatic N) is 1. The number of benzene rings is 1. The average molecular weight is 278 g/mol. The van der Waals surface area contributed by atoms with Crippen LogP contribution in [0.1, 0.15) is 18.4 Å². The van der Waals surface area contributed by atoms with Crippen LogP contribution in [0.2, 0.25) is 0 Å². The molecule has 1 aromatic rings. The highest BCUT2D eigenvalue weighted by Crippen LogP contribution is 2.22. The van der Waals surface area contributed by atoms with Gasteiger partial charge in [0, 0.05) is 6.54 Å². The molecule has 2 rings (SSSR count). The van der Waals surface area contributed by atoms with Crippen LogP contribution in [0.4, 0.5) is 0 Å². The zero-order valence-corrected chi connectivity index (χ0v) is 12.8. The predicted octanol–water partition coefficient (Wildman–Crippen LogP) is 2.85. The quantitative estimate of drug-likeness (QED) is 0.736. The molecule has 1 atom stereocenters. The molecule has 0 amide bonds. The van der Waals surface area contributed by atoms with E-state index in [2.05, 4.69) is 59.4 Å². The van der Waals surface area contributed by atoms with Crippen LogP contribution in [0.15, 0.2) is 30.3 Å². The summed E-state index contributed by atoms with van der Waals surface area (Å²) >= 11 is 2.10. The molecule has 1 unspecified atom stereocenters. The van der Waals surface area contributed by atoms with Crippen molar-refractivity contribution in [2.24, 2.45) is 5.92 Å². The fraction of sp³-hybridized carbons (Fsp3) is 0.625. The van der Waals surface area contributed by atoms with Crippen molar-refractivity contribution in [2.45, 2.75) is 19.4 Å². The van der Waals surface area contributed by atoms with Gasteiger partial charge in [-0.25, -0.2) is 0 Å². The lowest BCUT2D eigenvalue weighted by Crippen LogP contribution is -2.27. The Bertz CT molecular complexity index is 336. The van der Waals surface area contributed by atoms with E-state index in [0.717, 1.165) is 19.0 Å². The topological polar surface area (TPSA) is 15.3 Å². The molecule has 0 spiro atoms. The van der Waals surface area contributed by atoms with Gasteiger partial charge in [-0.1, -0.05) is 30.3 Å². The molecular weight excluding hydrogens is 252 g/mol. The predicted molar refractivity (Wildman–Crippen MR) is 85.7 cm³/mol. The zero-order chi connectivity index (χ0) is 13.3. The molecule has 3 heteroatoms. The second kappa shape index (κ2) is 8.62. The molecule has 1 aliphatic rings. The van der Waals surface area contributed by atoms with Crippen molar-refractivity contribution in [2.75, 3.05) is 38.2 Å². The van der Waals surface area contributed by atoms with E-state index < -0.39 is 0 Å². The van der Waals surface area contributed by atoms with Crippen molar-refractivity contribution < 1.29 is 0 Å². The molecule has 0 aliphatic carbocycles. The Morgan fingerprint density at radius 3 is 2.89 bits per heavy atom. The van der Waals surface area contributed by atoms with Crippen molar-refractivity contribution in [1.82, 2.24) is 10.2 Å². The summed E-state index contributed by atoms with van der Waals surface area (Å²) < 4.78 is 0. The van der Waals surface area contributed by atoms with Crippen molar-refractivity contribution in [3.8, 4) is 0 Å². The number of hydrogen-bond acceptors (Lipinski definition) is 3. The molecule has 1 saturated heterocycles. The van der Waals surface area contributed by atoms with Gasteiger partial charge in [-0.2, -0.15) is 11.8 Å². The van der Waals surface area contributed by atoms with Gasteiger partial charge in [-0.15, -0.1) is 0 Å². The summed E-state index contributed by atoms with van der Waals surface area (Å²) in [4.78, 5) is 2.41. The monoisotopic (exact) mass is 278 g/mol. The molecule has 0 radical (unpaired) electrons. The molecular formula is C16H26N2S. The van der Waals surface area contributed by atoms with Crippen LogP contribution in [0.5, 0.6) is 0 Å². The largest absolute Gasteiger partial charge is 0.316 e. The van der Waals surface area contributed by atoms with Crippen LogP contribution in [-0.2, 0) is 6.54 Å². The third-order valence-electron chi connectivity index (χ3n) is 3.65. The first-order valence-electron chi connectivity index (χ1n) is 7.35. The smallest absolute Gasteiger partial charge is 0.0230 e. The van der Waals surface area contributed by atoms with E-state index in [9.17, 15) is 0 Å². The Kier molecular flexibility index (Phi) is 6.75. The van der Waals surface area contributed by atoms with Gasteiger partial charge in [0.1, 0.15) is 0 Å². The minimum atomic E-state index is 0.923. The third-order valence-corrected chi connectivity index (χ3v) is 4.88. The van der Waals surface area contributed by atoms with Crippen LogP contribution in [0.3, 0.4) is 0 Å². The Morgan fingerprint density at radius 1 is 1.32 bits per heavy atom. The Hall–Kier alpha value is -0.510. The van der Waals surface area contributed by atoms with Gasteiger partial charge in [0.15, 0.2) is 0 Å². The zero-order valence-electron chi connectivity index (χ0n) is 12.0. The maximum absolute atomic E-state index is 3.61. The molecule has 0 aromatic heterocycles. The Labute approximate surface area is 122 Å². The summed E-state index contributed by atoms with van der Waals surface area (Å²) in [7, 11) is 2.21. The Balaban J connectivity index is 1.50. The summed E-state index contributed by atoms with van der Waals surface area (Å²) in [5, 5.41) is 3.61. The highest BCUT2D eigenvalue weighted by Gasteiger charge is 2.14. The van der Waals surface area contributed by atoms with E-state index in [-0.39, 0.29) is 0 Å². The minimum Gasteiger partial charge on any atom is -0.316 e. The second-order valence-corrected chi connectivity index (χ2v) is 6.66. The number of nitrogens with one attached hydrogen (secondary N) is 1. The van der Waals surface area contributed by atoms with Gasteiger partial charge in [-0.05, 0) is 62.5 Å². The lowest BCUT2D eigenvalue weighted by Gasteiger charge is -2.17. The van der Waals surface area contributed by atoms with Crippen molar-refractivity contribution in [3.63, 3.8) is 0 Å². The standard InChI is InChI=1S/C16H26N2S/c1-18(13-15-6-3-2-4-7-15)10-5-9-17-12-16-8-11-19-14-16/h2-4,6-7,16-17H,5,8-14H2,1H3. The highest BCUT2D eigenvalue weighted by molar-refractivity contribution is 7.99. The van der Waals surface area contributed by atoms with Gasteiger partial charge in [0.2, 0.25) is 0 Å². The van der Waals surface area contributed by atoms with Crippen molar-refractivity contribution in [3.05, 3.63) is 35.9 Å². The van der Waals surface area contributed by atoms with Crippen molar-refractivity contribution in [1.29, 1.82) is 0 Å². The van der Waals surface area contributed by atoms with Gasteiger partial charge in [0.25, 0.3) is 0 Å². The average Bonchev–Trinajstić information content (AvgIpc) is 2.92. The molecule has 0 bridgehead atoms. The molecule has 106 valence electrons. The molecule has 2 nitrogen and oxygen atoms in total. The maximum atomic E-state index is 3.61. The van der Waals surface area contributed by atoms with Gasteiger partial charge >= 0.3 is 0 Å². The van der Waals surface area contributed by atoms with Crippen LogP contribution < -0.4 is 5.32 Å².